The standard InChI is InChI=1S/C3H11NO12P4/c1-4(2(17(5,6)7)18(8,9)10)3(19(11,12)13)20(14,15)16/h2-3H,1H2,(H7-,5,6,7,8,9,10,11,12,13,14,15,16)/p+1. The Labute approximate surface area is 111 Å². The Hall–Kier alpha value is 0.270. The molecule has 0 radical (unpaired) electrons. The lowest BCUT2D eigenvalue weighted by molar-refractivity contribution is -0.521. The van der Waals surface area contributed by atoms with E-state index in [1.54, 1.807) is 0 Å². The SMILES string of the molecule is C=[N+](C(P(=O)(O)O)P(=O)(O)O)C(P(=O)(O)O)P(=O)(O)O. The van der Waals surface area contributed by atoms with E-state index in [2.05, 4.69) is 6.72 Å². The molecule has 120 valence electrons. The van der Waals surface area contributed by atoms with Crippen LogP contribution in [-0.4, -0.2) is 61.5 Å². The smallest absolute Gasteiger partial charge is 0.319 e. The van der Waals surface area contributed by atoms with Gasteiger partial charge in [0.05, 0.1) is 0 Å². The van der Waals surface area contributed by atoms with Gasteiger partial charge in [-0.15, -0.1) is 0 Å². The predicted octanol–water partition coefficient (Wildman–Crippen LogP) is -2.02. The average Bonchev–Trinajstić information content (AvgIpc) is 1.88. The third-order valence-electron chi connectivity index (χ3n) is 1.80. The van der Waals surface area contributed by atoms with Crippen LogP contribution in [-0.2, 0) is 18.3 Å². The monoisotopic (exact) mass is 378 g/mol. The quantitative estimate of drug-likeness (QED) is 0.142. The first-order valence-electron chi connectivity index (χ1n) is 4.20. The first kappa shape index (κ1) is 20.3. The van der Waals surface area contributed by atoms with Gasteiger partial charge in [-0.2, -0.15) is 4.58 Å². The molecule has 0 saturated carbocycles. The van der Waals surface area contributed by atoms with Crippen molar-refractivity contribution in [2.75, 3.05) is 0 Å². The number of rotatable bonds is 6. The molecule has 0 amide bonds. The fraction of sp³-hybridized carbons (Fsp3) is 0.667. The minimum Gasteiger partial charge on any atom is -0.319 e. The van der Waals surface area contributed by atoms with Gasteiger partial charge in [-0.25, -0.2) is 0 Å². The summed E-state index contributed by atoms with van der Waals surface area (Å²) in [5.74, 6) is 0. The van der Waals surface area contributed by atoms with Crippen LogP contribution in [0, 0.1) is 0 Å². The van der Waals surface area contributed by atoms with Crippen molar-refractivity contribution >= 4 is 37.1 Å². The van der Waals surface area contributed by atoms with Crippen LogP contribution in [0.1, 0.15) is 0 Å². The van der Waals surface area contributed by atoms with Gasteiger partial charge < -0.3 is 39.1 Å². The minimum absolute atomic E-state index is 0.636. The molecular formula is C3H12NO12P4+. The summed E-state index contributed by atoms with van der Waals surface area (Å²) in [5, 5.41) is 0. The summed E-state index contributed by atoms with van der Waals surface area (Å²) in [6.07, 6.45) is 0. The van der Waals surface area contributed by atoms with Crippen LogP contribution in [0.5, 0.6) is 0 Å². The van der Waals surface area contributed by atoms with Gasteiger partial charge in [0.25, 0.3) is 0 Å². The van der Waals surface area contributed by atoms with Crippen molar-refractivity contribution in [1.29, 1.82) is 0 Å². The third-order valence-corrected chi connectivity index (χ3v) is 9.00. The molecule has 0 heterocycles. The Morgan fingerprint density at radius 2 is 0.750 bits per heavy atom. The van der Waals surface area contributed by atoms with Crippen molar-refractivity contribution in [3.05, 3.63) is 0 Å². The van der Waals surface area contributed by atoms with Crippen LogP contribution >= 0.6 is 30.4 Å². The second-order valence-corrected chi connectivity index (χ2v) is 11.0. The largest absolute Gasteiger partial charge is 0.405 e. The molecule has 8 N–H and O–H groups in total. The zero-order chi connectivity index (χ0) is 16.7. The van der Waals surface area contributed by atoms with E-state index in [1.807, 2.05) is 0 Å². The normalized spacial score (nSPS) is 14.9. The molecule has 0 aromatic heterocycles. The predicted molar refractivity (Wildman–Crippen MR) is 63.1 cm³/mol. The van der Waals surface area contributed by atoms with Crippen molar-refractivity contribution < 1.29 is 62.0 Å². The maximum Gasteiger partial charge on any atom is 0.405 e. The van der Waals surface area contributed by atoms with Crippen molar-refractivity contribution in [3.63, 3.8) is 0 Å². The van der Waals surface area contributed by atoms with E-state index >= 15 is 0 Å². The molecule has 0 unspecified atom stereocenters. The van der Waals surface area contributed by atoms with Crippen LogP contribution in [0.2, 0.25) is 0 Å². The molecule has 0 aromatic carbocycles. The maximum atomic E-state index is 11.0. The van der Waals surface area contributed by atoms with Crippen molar-refractivity contribution in [2.45, 2.75) is 11.0 Å². The summed E-state index contributed by atoms with van der Waals surface area (Å²) < 4.78 is 43.3. The van der Waals surface area contributed by atoms with E-state index in [-0.39, 0.29) is 0 Å². The second-order valence-electron chi connectivity index (χ2n) is 3.56. The molecular weight excluding hydrogens is 366 g/mol. The van der Waals surface area contributed by atoms with Crippen molar-refractivity contribution in [1.82, 2.24) is 0 Å². The van der Waals surface area contributed by atoms with Gasteiger partial charge in [-0.05, 0) is 0 Å². The summed E-state index contributed by atoms with van der Waals surface area (Å²) in [6.45, 7) is 2.57. The van der Waals surface area contributed by atoms with E-state index in [0.717, 1.165) is 0 Å². The Balaban J connectivity index is 6.16. The molecule has 0 aliphatic carbocycles. The molecule has 0 spiro atoms. The molecule has 0 rings (SSSR count). The number of hydrogen-bond acceptors (Lipinski definition) is 4. The van der Waals surface area contributed by atoms with E-state index in [1.165, 1.54) is 0 Å². The first-order chi connectivity index (χ1) is 8.40. The molecule has 20 heavy (non-hydrogen) atoms. The van der Waals surface area contributed by atoms with Crippen molar-refractivity contribution in [3.8, 4) is 0 Å². The Morgan fingerprint density at radius 1 is 0.600 bits per heavy atom. The van der Waals surface area contributed by atoms with Crippen LogP contribution < -0.4 is 0 Å². The summed E-state index contributed by atoms with van der Waals surface area (Å²) in [4.78, 5) is 70.4. The first-order valence-corrected chi connectivity index (χ1v) is 10.9. The minimum atomic E-state index is -5.73. The summed E-state index contributed by atoms with van der Waals surface area (Å²) in [6, 6.07) is 0. The van der Waals surface area contributed by atoms with E-state index in [0.29, 0.717) is 0 Å². The lowest BCUT2D eigenvalue weighted by Crippen LogP contribution is -2.34. The topological polar surface area (TPSA) is 233 Å². The zero-order valence-electron chi connectivity index (χ0n) is 9.31. The molecule has 0 aliphatic rings. The van der Waals surface area contributed by atoms with E-state index < -0.39 is 46.0 Å². The molecule has 0 aliphatic heterocycles. The Morgan fingerprint density at radius 3 is 0.850 bits per heavy atom. The van der Waals surface area contributed by atoms with Crippen LogP contribution in [0.3, 0.4) is 0 Å². The Bertz CT molecular complexity index is 478. The van der Waals surface area contributed by atoms with Crippen LogP contribution in [0.25, 0.3) is 0 Å². The molecule has 13 nitrogen and oxygen atoms in total. The van der Waals surface area contributed by atoms with Gasteiger partial charge in [0.15, 0.2) is 0 Å². The highest BCUT2D eigenvalue weighted by atomic mass is 31.2. The summed E-state index contributed by atoms with van der Waals surface area (Å²) >= 11 is 0. The van der Waals surface area contributed by atoms with Gasteiger partial charge >= 0.3 is 41.4 Å². The van der Waals surface area contributed by atoms with Gasteiger partial charge in [-0.3, -0.25) is 18.3 Å². The Kier molecular flexibility index (Phi) is 5.89. The second kappa shape index (κ2) is 5.81. The zero-order valence-corrected chi connectivity index (χ0v) is 12.9. The fourth-order valence-corrected chi connectivity index (χ4v) is 6.92. The van der Waals surface area contributed by atoms with E-state index in [4.69, 9.17) is 39.1 Å². The highest BCUT2D eigenvalue weighted by Crippen LogP contribution is 2.66. The van der Waals surface area contributed by atoms with Crippen LogP contribution in [0.15, 0.2) is 0 Å². The lowest BCUT2D eigenvalue weighted by Gasteiger charge is -2.23. The summed E-state index contributed by atoms with van der Waals surface area (Å²) in [7, 11) is -22.9. The maximum absolute atomic E-state index is 11.0. The van der Waals surface area contributed by atoms with Crippen molar-refractivity contribution in [2.24, 2.45) is 0 Å². The molecule has 0 saturated heterocycles. The average molecular weight is 378 g/mol. The molecule has 17 heteroatoms. The highest BCUT2D eigenvalue weighted by molar-refractivity contribution is 7.71. The number of hydrogen-bond donors (Lipinski definition) is 8. The molecule has 0 fully saturated rings. The number of nitrogens with zero attached hydrogens (tertiary/aromatic N) is 1. The van der Waals surface area contributed by atoms with Gasteiger partial charge in [0, 0.05) is 0 Å². The summed E-state index contributed by atoms with van der Waals surface area (Å²) in [5.41, 5.74) is -6.44. The molecule has 0 atom stereocenters. The van der Waals surface area contributed by atoms with E-state index in [9.17, 15) is 18.3 Å². The third kappa shape index (κ3) is 5.23. The lowest BCUT2D eigenvalue weighted by atomic mass is 11.1. The van der Waals surface area contributed by atoms with Crippen LogP contribution in [0.4, 0.5) is 0 Å². The van der Waals surface area contributed by atoms with Gasteiger partial charge in [0.2, 0.25) is 0 Å². The van der Waals surface area contributed by atoms with Gasteiger partial charge in [-0.1, -0.05) is 0 Å². The fourth-order valence-electron chi connectivity index (χ4n) is 1.28. The van der Waals surface area contributed by atoms with Gasteiger partial charge in [0.1, 0.15) is 6.72 Å². The molecule has 0 bridgehead atoms. The molecule has 0 aromatic rings. The highest BCUT2D eigenvalue weighted by Gasteiger charge is 2.62.